The van der Waals surface area contributed by atoms with E-state index in [1.165, 1.54) is 85.1 Å². The second kappa shape index (κ2) is 11.3. The molecule has 2 aliphatic carbocycles. The van der Waals surface area contributed by atoms with Crippen molar-refractivity contribution >= 4 is 22.7 Å². The Morgan fingerprint density at radius 3 is 1.26 bits per heavy atom. The average molecular weight is 610 g/mol. The summed E-state index contributed by atoms with van der Waals surface area (Å²) in [6, 6.07) is 28.4. The van der Waals surface area contributed by atoms with E-state index in [1.807, 2.05) is 22.7 Å². The molecule has 6 rings (SSSR count). The van der Waals surface area contributed by atoms with Crippen LogP contribution in [0.15, 0.2) is 72.8 Å². The second-order valence-electron chi connectivity index (χ2n) is 10.2. The molecule has 0 amide bonds. The quantitative estimate of drug-likeness (QED) is 0.200. The average Bonchev–Trinajstić information content (AvgIpc) is 3.60. The van der Waals surface area contributed by atoms with Gasteiger partial charge in [0.2, 0.25) is 5.77 Å². The van der Waals surface area contributed by atoms with Gasteiger partial charge in [0.15, 0.2) is 0 Å². The lowest BCUT2D eigenvalue weighted by Gasteiger charge is -2.22. The summed E-state index contributed by atoms with van der Waals surface area (Å²) < 4.78 is 3.13. The molecule has 0 radical (unpaired) electrons. The first-order valence-corrected chi connectivity index (χ1v) is 17.2. The molecule has 0 atom stereocenters. The third-order valence-corrected chi connectivity index (χ3v) is 13.9. The molecule has 35 heavy (non-hydrogen) atoms. The molecule has 0 spiro atoms. The fourth-order valence-electron chi connectivity index (χ4n) is 5.84. The van der Waals surface area contributed by atoms with Crippen molar-refractivity contribution in [3.05, 3.63) is 89.7 Å². The maximum Gasteiger partial charge on any atom is 0.381 e. The van der Waals surface area contributed by atoms with Crippen molar-refractivity contribution in [2.24, 2.45) is 0 Å². The van der Waals surface area contributed by atoms with E-state index in [0.717, 1.165) is 11.8 Å². The molecule has 2 heterocycles. The van der Waals surface area contributed by atoms with Crippen LogP contribution >= 0.6 is 22.7 Å². The predicted octanol–water partition coefficient (Wildman–Crippen LogP) is 7.37. The van der Waals surface area contributed by atoms with Crippen LogP contribution in [-0.4, -0.2) is 0 Å². The van der Waals surface area contributed by atoms with Crippen molar-refractivity contribution in [1.29, 1.82) is 0 Å². The predicted molar refractivity (Wildman–Crippen MR) is 149 cm³/mol. The highest BCUT2D eigenvalue weighted by Gasteiger charge is 2.22. The van der Waals surface area contributed by atoms with Gasteiger partial charge in [-0.2, -0.15) is 0 Å². The fraction of sp³-hybridized carbons (Fsp3) is 0.375. The molecule has 0 saturated heterocycles. The Balaban J connectivity index is 1.10. The van der Waals surface area contributed by atoms with Crippen molar-refractivity contribution in [1.82, 2.24) is 0 Å². The van der Waals surface area contributed by atoms with Gasteiger partial charge in [-0.1, -0.05) is 110 Å². The molecule has 0 bridgehead atoms. The lowest BCUT2D eigenvalue weighted by molar-refractivity contribution is -0.585. The van der Waals surface area contributed by atoms with Crippen molar-refractivity contribution < 1.29 is 21.2 Å². The first-order valence-electron chi connectivity index (χ1n) is 13.4. The summed E-state index contributed by atoms with van der Waals surface area (Å²) in [5.41, 5.74) is 5.87. The van der Waals surface area contributed by atoms with Gasteiger partial charge < -0.3 is 0 Å². The summed E-state index contributed by atoms with van der Waals surface area (Å²) >= 11 is 3.89. The largest absolute Gasteiger partial charge is 0.381 e. The number of hydrogen-bond donors (Lipinski definition) is 0. The van der Waals surface area contributed by atoms with E-state index in [0.29, 0.717) is 0 Å². The van der Waals surface area contributed by atoms with Gasteiger partial charge in [-0.15, -0.1) is 0 Å². The zero-order valence-electron chi connectivity index (χ0n) is 20.3. The molecule has 4 aromatic rings. The summed E-state index contributed by atoms with van der Waals surface area (Å²) in [4.78, 5) is 2.84. The zero-order valence-corrected chi connectivity index (χ0v) is 24.1. The highest BCUT2D eigenvalue weighted by Crippen LogP contribution is 2.35. The minimum atomic E-state index is -0.111. The maximum atomic E-state index is 2.39. The molecule has 2 aromatic heterocycles. The van der Waals surface area contributed by atoms with Crippen molar-refractivity contribution in [2.75, 3.05) is 0 Å². The maximum absolute atomic E-state index is 2.39. The van der Waals surface area contributed by atoms with Crippen LogP contribution in [0.25, 0.3) is 20.9 Å². The summed E-state index contributed by atoms with van der Waals surface area (Å²) in [5.74, 6) is 1.58. The van der Waals surface area contributed by atoms with E-state index >= 15 is 0 Å². The first kappa shape index (κ1) is 23.9. The lowest BCUT2D eigenvalue weighted by atomic mass is 9.84. The Bertz CT molecular complexity index is 1120. The van der Waals surface area contributed by atoms with Crippen LogP contribution in [-0.2, 0) is 0 Å². The van der Waals surface area contributed by atoms with Crippen LogP contribution in [0.5, 0.6) is 0 Å². The molecular formula is C32H34IS2+. The number of rotatable bonds is 6. The van der Waals surface area contributed by atoms with Gasteiger partial charge in [-0.25, -0.2) is 0 Å². The lowest BCUT2D eigenvalue weighted by Crippen LogP contribution is -3.61. The van der Waals surface area contributed by atoms with E-state index < -0.39 is 0 Å². The smallest absolute Gasteiger partial charge is 0.0876 e. The van der Waals surface area contributed by atoms with E-state index in [9.17, 15) is 0 Å². The van der Waals surface area contributed by atoms with Gasteiger partial charge in [0.1, 0.15) is 0 Å². The van der Waals surface area contributed by atoms with Crippen LogP contribution in [0, 0.1) is 5.77 Å². The van der Waals surface area contributed by atoms with Crippen molar-refractivity contribution in [3.8, 4) is 20.9 Å². The molecule has 0 nitrogen and oxygen atoms in total. The zero-order chi connectivity index (χ0) is 23.5. The van der Waals surface area contributed by atoms with Crippen LogP contribution in [0.4, 0.5) is 0 Å². The molecule has 2 fully saturated rings. The molecule has 2 aliphatic rings. The molecule has 0 N–H and O–H groups in total. The van der Waals surface area contributed by atoms with E-state index in [-0.39, 0.29) is 21.2 Å². The van der Waals surface area contributed by atoms with Crippen LogP contribution in [0.1, 0.15) is 87.2 Å². The van der Waals surface area contributed by atoms with E-state index in [2.05, 4.69) is 72.8 Å². The summed E-state index contributed by atoms with van der Waals surface area (Å²) in [6.45, 7) is 0. The Kier molecular flexibility index (Phi) is 7.74. The molecule has 2 aromatic carbocycles. The minimum absolute atomic E-state index is 0.111. The number of halogens is 1. The van der Waals surface area contributed by atoms with E-state index in [1.54, 1.807) is 16.9 Å². The molecule has 2 saturated carbocycles. The van der Waals surface area contributed by atoms with Gasteiger partial charge in [0.25, 0.3) is 0 Å². The van der Waals surface area contributed by atoms with E-state index in [4.69, 9.17) is 0 Å². The monoisotopic (exact) mass is 609 g/mol. The highest BCUT2D eigenvalue weighted by molar-refractivity contribution is 7.14. The second-order valence-corrected chi connectivity index (χ2v) is 16.7. The topological polar surface area (TPSA) is 0 Å². The summed E-state index contributed by atoms with van der Waals surface area (Å²) in [6.07, 6.45) is 14.0. The van der Waals surface area contributed by atoms with Crippen molar-refractivity contribution in [2.45, 2.75) is 76.0 Å². The van der Waals surface area contributed by atoms with Gasteiger partial charge in [-0.05, 0) is 71.9 Å². The first-order chi connectivity index (χ1) is 17.3. The van der Waals surface area contributed by atoms with Crippen LogP contribution in [0.2, 0.25) is 0 Å². The molecule has 3 heteroatoms. The van der Waals surface area contributed by atoms with Crippen LogP contribution < -0.4 is 21.2 Å². The number of thiophene rings is 2. The Hall–Kier alpha value is -1.43. The molecule has 0 unspecified atom stereocenters. The Morgan fingerprint density at radius 1 is 0.457 bits per heavy atom. The Labute approximate surface area is 229 Å². The highest BCUT2D eigenvalue weighted by atomic mass is 127. The fourth-order valence-corrected chi connectivity index (χ4v) is 12.2. The number of benzene rings is 2. The van der Waals surface area contributed by atoms with Gasteiger partial charge >= 0.3 is 21.2 Å². The number of hydrogen-bond acceptors (Lipinski definition) is 2. The standard InChI is InChI=1S/C32H34IS2/c1-3-7-23(8-4-1)25-11-15-27(16-12-25)29-19-21-31(34-29)33-32-22-20-30(35-32)28-17-13-26(14-18-28)24-9-5-2-6-10-24/h11-24H,1-10H2/q+1. The Morgan fingerprint density at radius 2 is 0.857 bits per heavy atom. The third kappa shape index (κ3) is 5.78. The summed E-state index contributed by atoms with van der Waals surface area (Å²) in [5, 5.41) is 0. The normalized spacial score (nSPS) is 17.6. The summed E-state index contributed by atoms with van der Waals surface area (Å²) in [7, 11) is 0. The van der Waals surface area contributed by atoms with Gasteiger partial charge in [0, 0.05) is 21.9 Å². The van der Waals surface area contributed by atoms with Gasteiger partial charge in [-0.3, -0.25) is 0 Å². The van der Waals surface area contributed by atoms with Crippen LogP contribution in [0.3, 0.4) is 0 Å². The van der Waals surface area contributed by atoms with Gasteiger partial charge in [0.05, 0.1) is 0 Å². The van der Waals surface area contributed by atoms with Crippen molar-refractivity contribution in [3.63, 3.8) is 0 Å². The molecule has 180 valence electrons. The molecular weight excluding hydrogens is 575 g/mol. The third-order valence-electron chi connectivity index (χ3n) is 7.88. The minimum Gasteiger partial charge on any atom is -0.0876 e. The SMILES string of the molecule is c1cc(C2CCCCC2)ccc1-c1ccc([I+]c2ccc(-c3ccc(C4CCCCC4)cc3)s2)s1. The molecule has 0 aliphatic heterocycles.